The molecule has 3 heterocycles. The molecule has 2 fully saturated rings. The molecular formula is C24H34N6O5S. The molecule has 0 atom stereocenters. The highest BCUT2D eigenvalue weighted by atomic mass is 32.2. The first-order valence-corrected chi connectivity index (χ1v) is 13.8. The van der Waals surface area contributed by atoms with Crippen LogP contribution >= 0.6 is 0 Å². The Balaban J connectivity index is 1.42. The molecular weight excluding hydrogens is 484 g/mol. The van der Waals surface area contributed by atoms with Crippen molar-refractivity contribution in [3.63, 3.8) is 0 Å². The van der Waals surface area contributed by atoms with Crippen molar-refractivity contribution < 1.29 is 23.2 Å². The van der Waals surface area contributed by atoms with Gasteiger partial charge in [0, 0.05) is 57.3 Å². The van der Waals surface area contributed by atoms with Gasteiger partial charge in [-0.3, -0.25) is 15.0 Å². The molecule has 36 heavy (non-hydrogen) atoms. The van der Waals surface area contributed by atoms with Gasteiger partial charge in [-0.25, -0.2) is 18.9 Å². The molecule has 2 saturated heterocycles. The van der Waals surface area contributed by atoms with Crippen molar-refractivity contribution in [2.75, 3.05) is 55.7 Å². The summed E-state index contributed by atoms with van der Waals surface area (Å²) >= 11 is 0. The Hall–Kier alpha value is -2.96. The second kappa shape index (κ2) is 11.4. The van der Waals surface area contributed by atoms with Crippen LogP contribution in [0.2, 0.25) is 0 Å². The highest BCUT2D eigenvalue weighted by Gasteiger charge is 2.55. The lowest BCUT2D eigenvalue weighted by atomic mass is 9.95. The third-order valence-electron chi connectivity index (χ3n) is 7.00. The molecule has 2 aliphatic heterocycles. The summed E-state index contributed by atoms with van der Waals surface area (Å²) in [6.45, 7) is 4.92. The summed E-state index contributed by atoms with van der Waals surface area (Å²) in [5.74, 6) is 0.559. The van der Waals surface area contributed by atoms with Crippen molar-refractivity contribution in [2.45, 2.75) is 37.4 Å². The molecule has 0 unspecified atom stereocenters. The van der Waals surface area contributed by atoms with Crippen LogP contribution in [-0.2, 0) is 14.8 Å². The van der Waals surface area contributed by atoms with Crippen molar-refractivity contribution in [3.8, 4) is 5.75 Å². The van der Waals surface area contributed by atoms with Gasteiger partial charge in [0.25, 0.3) is 5.91 Å². The lowest BCUT2D eigenvalue weighted by Gasteiger charge is -2.44. The van der Waals surface area contributed by atoms with Gasteiger partial charge in [0.15, 0.2) is 4.75 Å². The Morgan fingerprint density at radius 3 is 2.33 bits per heavy atom. The van der Waals surface area contributed by atoms with E-state index >= 15 is 0 Å². The number of piperazine rings is 1. The summed E-state index contributed by atoms with van der Waals surface area (Å²) in [7, 11) is -4.04. The largest absolute Gasteiger partial charge is 0.494 e. The van der Waals surface area contributed by atoms with E-state index in [1.807, 2.05) is 29.2 Å². The number of hydrogen-bond acceptors (Lipinski definition) is 9. The first-order chi connectivity index (χ1) is 17.4. The average molecular weight is 519 g/mol. The highest BCUT2D eigenvalue weighted by Crippen LogP contribution is 2.35. The van der Waals surface area contributed by atoms with E-state index < -0.39 is 20.7 Å². The molecule has 2 aromatic rings. The Morgan fingerprint density at radius 2 is 1.75 bits per heavy atom. The number of rotatable bonds is 9. The number of piperidine rings is 1. The number of hydroxylamine groups is 1. The van der Waals surface area contributed by atoms with Crippen LogP contribution in [0.1, 0.15) is 32.6 Å². The van der Waals surface area contributed by atoms with E-state index in [-0.39, 0.29) is 25.9 Å². The monoisotopic (exact) mass is 518 g/mol. The third-order valence-corrected chi connectivity index (χ3v) is 9.63. The van der Waals surface area contributed by atoms with E-state index in [0.717, 1.165) is 24.3 Å². The number of aromatic nitrogens is 2. The molecule has 2 aliphatic rings. The van der Waals surface area contributed by atoms with E-state index in [1.54, 1.807) is 24.1 Å². The Labute approximate surface area is 212 Å². The van der Waals surface area contributed by atoms with E-state index in [9.17, 15) is 18.4 Å². The number of ether oxygens (including phenoxy) is 1. The molecule has 196 valence electrons. The van der Waals surface area contributed by atoms with Crippen LogP contribution in [0.3, 0.4) is 0 Å². The van der Waals surface area contributed by atoms with Gasteiger partial charge in [0.05, 0.1) is 12.8 Å². The zero-order valence-electron chi connectivity index (χ0n) is 20.5. The van der Waals surface area contributed by atoms with Crippen molar-refractivity contribution in [1.82, 2.24) is 19.8 Å². The quantitative estimate of drug-likeness (QED) is 0.289. The maximum Gasteiger partial charge on any atom is 0.266 e. The van der Waals surface area contributed by atoms with Crippen LogP contribution < -0.4 is 20.0 Å². The van der Waals surface area contributed by atoms with Gasteiger partial charge in [0.2, 0.25) is 10.0 Å². The standard InChI is InChI=1S/C24H34N6O5S/c1-2-3-18-35-21-6-4-20(5-7-21)28-14-16-30(17-15-28)36(33,34)24(23(31)27-32)8-12-29(13-9-24)22-19-25-10-11-26-22/h4-7,10-11,19,32H,2-3,8-9,12-18H2,1H3,(H,27,31). The molecule has 0 spiro atoms. The van der Waals surface area contributed by atoms with Gasteiger partial charge in [-0.15, -0.1) is 0 Å². The fourth-order valence-electron chi connectivity index (χ4n) is 4.78. The van der Waals surface area contributed by atoms with Gasteiger partial charge in [-0.05, 0) is 43.5 Å². The van der Waals surface area contributed by atoms with E-state index in [1.165, 1.54) is 4.31 Å². The maximum absolute atomic E-state index is 13.8. The van der Waals surface area contributed by atoms with Gasteiger partial charge in [-0.2, -0.15) is 4.31 Å². The molecule has 1 aromatic heterocycles. The second-order valence-electron chi connectivity index (χ2n) is 9.07. The molecule has 0 radical (unpaired) electrons. The van der Waals surface area contributed by atoms with Crippen LogP contribution in [-0.4, -0.2) is 84.4 Å². The molecule has 0 bridgehead atoms. The number of nitrogens with one attached hydrogen (secondary N) is 1. The molecule has 1 amide bonds. The number of benzene rings is 1. The fraction of sp³-hybridized carbons (Fsp3) is 0.542. The Bertz CT molecular complexity index is 1100. The first-order valence-electron chi connectivity index (χ1n) is 12.3. The third kappa shape index (κ3) is 5.25. The lowest BCUT2D eigenvalue weighted by Crippen LogP contribution is -2.63. The summed E-state index contributed by atoms with van der Waals surface area (Å²) in [4.78, 5) is 25.2. The average Bonchev–Trinajstić information content (AvgIpc) is 2.93. The highest BCUT2D eigenvalue weighted by molar-refractivity contribution is 7.91. The van der Waals surface area contributed by atoms with Crippen molar-refractivity contribution in [1.29, 1.82) is 0 Å². The van der Waals surface area contributed by atoms with Crippen molar-refractivity contribution >= 4 is 27.4 Å². The number of amides is 1. The molecule has 0 aliphatic carbocycles. The van der Waals surface area contributed by atoms with Gasteiger partial charge < -0.3 is 14.5 Å². The second-order valence-corrected chi connectivity index (χ2v) is 11.3. The minimum Gasteiger partial charge on any atom is -0.494 e. The number of carbonyl (C=O) groups excluding carboxylic acids is 1. The predicted octanol–water partition coefficient (Wildman–Crippen LogP) is 1.65. The number of sulfonamides is 1. The summed E-state index contributed by atoms with van der Waals surface area (Å²) in [6, 6.07) is 7.82. The van der Waals surface area contributed by atoms with Crippen molar-refractivity contribution in [2.24, 2.45) is 0 Å². The smallest absolute Gasteiger partial charge is 0.266 e. The minimum atomic E-state index is -4.04. The minimum absolute atomic E-state index is 0.0397. The van der Waals surface area contributed by atoms with Gasteiger partial charge in [-0.1, -0.05) is 13.3 Å². The molecule has 4 rings (SSSR count). The topological polar surface area (TPSA) is 128 Å². The summed E-state index contributed by atoms with van der Waals surface area (Å²) < 4.78 is 33.0. The number of unbranched alkanes of at least 4 members (excludes halogenated alkanes) is 1. The summed E-state index contributed by atoms with van der Waals surface area (Å²) in [5.41, 5.74) is 2.62. The predicted molar refractivity (Wildman–Crippen MR) is 136 cm³/mol. The molecule has 0 saturated carbocycles. The van der Waals surface area contributed by atoms with Crippen LogP contribution in [0.4, 0.5) is 11.5 Å². The Kier molecular flexibility index (Phi) is 8.27. The number of nitrogens with zero attached hydrogens (tertiary/aromatic N) is 5. The van der Waals surface area contributed by atoms with Crippen LogP contribution in [0.5, 0.6) is 5.75 Å². The molecule has 2 N–H and O–H groups in total. The maximum atomic E-state index is 13.8. The zero-order chi connectivity index (χ0) is 25.6. The van der Waals surface area contributed by atoms with Gasteiger partial charge in [0.1, 0.15) is 11.6 Å². The molecule has 1 aromatic carbocycles. The van der Waals surface area contributed by atoms with Crippen LogP contribution in [0.15, 0.2) is 42.9 Å². The van der Waals surface area contributed by atoms with Crippen LogP contribution in [0, 0.1) is 0 Å². The van der Waals surface area contributed by atoms with E-state index in [4.69, 9.17) is 4.74 Å². The number of carbonyl (C=O) groups is 1. The molecule has 12 heteroatoms. The van der Waals surface area contributed by atoms with Crippen LogP contribution in [0.25, 0.3) is 0 Å². The zero-order valence-corrected chi connectivity index (χ0v) is 21.4. The van der Waals surface area contributed by atoms with E-state index in [2.05, 4.69) is 21.8 Å². The SMILES string of the molecule is CCCCOc1ccc(N2CCN(S(=O)(=O)C3(C(=O)NO)CCN(c4cnccn4)CC3)CC2)cc1. The van der Waals surface area contributed by atoms with Crippen molar-refractivity contribution in [3.05, 3.63) is 42.9 Å². The number of anilines is 2. The summed E-state index contributed by atoms with van der Waals surface area (Å²) in [5, 5.41) is 9.44. The number of hydrogen-bond donors (Lipinski definition) is 2. The normalized spacial score (nSPS) is 18.6. The lowest BCUT2D eigenvalue weighted by molar-refractivity contribution is -0.132. The molecule has 11 nitrogen and oxygen atoms in total. The Morgan fingerprint density at radius 1 is 1.06 bits per heavy atom. The van der Waals surface area contributed by atoms with Gasteiger partial charge >= 0.3 is 0 Å². The van der Waals surface area contributed by atoms with E-state index in [0.29, 0.717) is 38.6 Å². The fourth-order valence-corrected chi connectivity index (χ4v) is 6.89. The summed E-state index contributed by atoms with van der Waals surface area (Å²) in [6.07, 6.45) is 6.91. The first kappa shape index (κ1) is 26.1.